The average molecular weight is 382 g/mol. The number of piperidine rings is 1. The Morgan fingerprint density at radius 1 is 1.07 bits per heavy atom. The van der Waals surface area contributed by atoms with Crippen molar-refractivity contribution in [3.63, 3.8) is 0 Å². The Morgan fingerprint density at radius 2 is 1.86 bits per heavy atom. The largest absolute Gasteiger partial charge is 0.378 e. The Kier molecular flexibility index (Phi) is 5.71. The molecule has 0 radical (unpaired) electrons. The molecule has 3 heterocycles. The van der Waals surface area contributed by atoms with E-state index in [1.54, 1.807) is 10.9 Å². The lowest BCUT2D eigenvalue weighted by molar-refractivity contribution is -0.143. The summed E-state index contributed by atoms with van der Waals surface area (Å²) >= 11 is 0. The molecule has 148 valence electrons. The highest BCUT2D eigenvalue weighted by Crippen LogP contribution is 2.20. The fraction of sp³-hybridized carbons (Fsp3) is 0.476. The van der Waals surface area contributed by atoms with Crippen molar-refractivity contribution in [1.29, 1.82) is 0 Å². The molecule has 2 aromatic rings. The molecule has 4 rings (SSSR count). The smallest absolute Gasteiger partial charge is 0.227 e. The van der Waals surface area contributed by atoms with Crippen molar-refractivity contribution in [3.05, 3.63) is 48.3 Å². The number of carbonyl (C=O) groups is 2. The molecule has 2 aliphatic rings. The van der Waals surface area contributed by atoms with Crippen molar-refractivity contribution in [2.24, 2.45) is 5.92 Å². The maximum Gasteiger partial charge on any atom is 0.227 e. The van der Waals surface area contributed by atoms with E-state index in [1.807, 2.05) is 46.3 Å². The molecule has 0 spiro atoms. The Morgan fingerprint density at radius 3 is 2.64 bits per heavy atom. The van der Waals surface area contributed by atoms with E-state index in [0.717, 1.165) is 30.6 Å². The Hall–Kier alpha value is -2.67. The van der Waals surface area contributed by atoms with Crippen molar-refractivity contribution >= 4 is 11.8 Å². The zero-order chi connectivity index (χ0) is 19.3. The highest BCUT2D eigenvalue weighted by molar-refractivity contribution is 5.82. The van der Waals surface area contributed by atoms with Crippen LogP contribution >= 0.6 is 0 Å². The molecule has 0 bridgehead atoms. The third-order valence-corrected chi connectivity index (χ3v) is 5.46. The van der Waals surface area contributed by atoms with Gasteiger partial charge in [-0.05, 0) is 30.5 Å². The summed E-state index contributed by atoms with van der Waals surface area (Å²) in [6.45, 7) is 3.75. The summed E-state index contributed by atoms with van der Waals surface area (Å²) in [4.78, 5) is 29.3. The summed E-state index contributed by atoms with van der Waals surface area (Å²) in [6, 6.07) is 9.83. The first-order valence-electron chi connectivity index (χ1n) is 9.94. The van der Waals surface area contributed by atoms with Crippen LogP contribution in [0.4, 0.5) is 0 Å². The minimum atomic E-state index is -0.0946. The number of benzene rings is 1. The molecule has 0 saturated carbocycles. The second-order valence-corrected chi connectivity index (χ2v) is 7.42. The van der Waals surface area contributed by atoms with E-state index >= 15 is 0 Å². The number of likely N-dealkylation sites (tertiary alicyclic amines) is 1. The lowest BCUT2D eigenvalue weighted by Crippen LogP contribution is -2.49. The first-order valence-corrected chi connectivity index (χ1v) is 9.94. The first-order chi connectivity index (χ1) is 13.7. The molecule has 28 heavy (non-hydrogen) atoms. The van der Waals surface area contributed by atoms with E-state index < -0.39 is 0 Å². The number of hydrogen-bond acceptors (Lipinski definition) is 4. The third kappa shape index (κ3) is 4.25. The van der Waals surface area contributed by atoms with Gasteiger partial charge in [0.15, 0.2) is 0 Å². The topological polar surface area (TPSA) is 67.7 Å². The number of rotatable bonds is 4. The van der Waals surface area contributed by atoms with Gasteiger partial charge < -0.3 is 14.5 Å². The Labute approximate surface area is 164 Å². The molecule has 2 saturated heterocycles. The SMILES string of the molecule is O=C(Cc1cnn(-c2ccccc2)c1)N1CCCC(C(=O)N2CCOCC2)C1. The van der Waals surface area contributed by atoms with Crippen LogP contribution in [-0.2, 0) is 20.7 Å². The van der Waals surface area contributed by atoms with Crippen LogP contribution in [0.15, 0.2) is 42.7 Å². The lowest BCUT2D eigenvalue weighted by Gasteiger charge is -2.36. The van der Waals surface area contributed by atoms with E-state index in [-0.39, 0.29) is 17.7 Å². The van der Waals surface area contributed by atoms with E-state index in [1.165, 1.54) is 0 Å². The number of amides is 2. The van der Waals surface area contributed by atoms with Crippen LogP contribution in [0.1, 0.15) is 18.4 Å². The van der Waals surface area contributed by atoms with Gasteiger partial charge >= 0.3 is 0 Å². The van der Waals surface area contributed by atoms with Crippen molar-refractivity contribution < 1.29 is 14.3 Å². The number of carbonyl (C=O) groups excluding carboxylic acids is 2. The van der Waals surface area contributed by atoms with Crippen LogP contribution in [0.2, 0.25) is 0 Å². The lowest BCUT2D eigenvalue weighted by atomic mass is 9.96. The van der Waals surface area contributed by atoms with Gasteiger partial charge in [0.2, 0.25) is 11.8 Å². The van der Waals surface area contributed by atoms with E-state index in [2.05, 4.69) is 5.10 Å². The minimum Gasteiger partial charge on any atom is -0.378 e. The Balaban J connectivity index is 1.35. The summed E-state index contributed by atoms with van der Waals surface area (Å²) in [5, 5.41) is 4.36. The third-order valence-electron chi connectivity index (χ3n) is 5.46. The molecule has 0 N–H and O–H groups in total. The molecule has 0 aliphatic carbocycles. The van der Waals surface area contributed by atoms with Gasteiger partial charge in [-0.25, -0.2) is 4.68 Å². The molecule has 2 aliphatic heterocycles. The van der Waals surface area contributed by atoms with Crippen LogP contribution in [0, 0.1) is 5.92 Å². The predicted molar refractivity (Wildman–Crippen MR) is 104 cm³/mol. The van der Waals surface area contributed by atoms with Gasteiger partial charge in [0, 0.05) is 32.4 Å². The fourth-order valence-electron chi connectivity index (χ4n) is 3.91. The first kappa shape index (κ1) is 18.7. The maximum absolute atomic E-state index is 12.8. The molecule has 1 atom stereocenters. The predicted octanol–water partition coefficient (Wildman–Crippen LogP) is 1.51. The Bertz CT molecular complexity index is 814. The quantitative estimate of drug-likeness (QED) is 0.804. The van der Waals surface area contributed by atoms with E-state index in [4.69, 9.17) is 4.74 Å². The van der Waals surface area contributed by atoms with Gasteiger partial charge in [0.05, 0.1) is 37.4 Å². The zero-order valence-corrected chi connectivity index (χ0v) is 16.0. The zero-order valence-electron chi connectivity index (χ0n) is 16.0. The number of nitrogens with zero attached hydrogens (tertiary/aromatic N) is 4. The molecule has 1 unspecified atom stereocenters. The van der Waals surface area contributed by atoms with Crippen LogP contribution in [0.5, 0.6) is 0 Å². The second kappa shape index (κ2) is 8.56. The van der Waals surface area contributed by atoms with Gasteiger partial charge in [-0.2, -0.15) is 5.10 Å². The van der Waals surface area contributed by atoms with Crippen molar-refractivity contribution in [3.8, 4) is 5.69 Å². The highest BCUT2D eigenvalue weighted by atomic mass is 16.5. The van der Waals surface area contributed by atoms with Crippen LogP contribution in [-0.4, -0.2) is 70.8 Å². The normalized spacial score (nSPS) is 20.2. The second-order valence-electron chi connectivity index (χ2n) is 7.42. The number of hydrogen-bond donors (Lipinski definition) is 0. The van der Waals surface area contributed by atoms with Gasteiger partial charge in [0.25, 0.3) is 0 Å². The van der Waals surface area contributed by atoms with Crippen LogP contribution in [0.3, 0.4) is 0 Å². The van der Waals surface area contributed by atoms with Crippen LogP contribution < -0.4 is 0 Å². The fourth-order valence-corrected chi connectivity index (χ4v) is 3.91. The van der Waals surface area contributed by atoms with E-state index in [9.17, 15) is 9.59 Å². The highest BCUT2D eigenvalue weighted by Gasteiger charge is 2.31. The van der Waals surface area contributed by atoms with Crippen molar-refractivity contribution in [2.45, 2.75) is 19.3 Å². The average Bonchev–Trinajstić information content (AvgIpc) is 3.23. The molecule has 1 aromatic heterocycles. The summed E-state index contributed by atoms with van der Waals surface area (Å²) < 4.78 is 7.11. The van der Waals surface area contributed by atoms with Crippen molar-refractivity contribution in [1.82, 2.24) is 19.6 Å². The standard InChI is InChI=1S/C21H26N4O3/c26-20(13-17-14-22-25(15-17)19-6-2-1-3-7-19)24-8-4-5-18(16-24)21(27)23-9-11-28-12-10-23/h1-3,6-7,14-15,18H,4-5,8-13,16H2. The monoisotopic (exact) mass is 382 g/mol. The number of aromatic nitrogens is 2. The number of morpholine rings is 1. The molecule has 2 fully saturated rings. The summed E-state index contributed by atoms with van der Waals surface area (Å²) in [5.74, 6) is 0.132. The number of para-hydroxylation sites is 1. The summed E-state index contributed by atoms with van der Waals surface area (Å²) in [6.07, 6.45) is 5.67. The van der Waals surface area contributed by atoms with Gasteiger partial charge in [0.1, 0.15) is 0 Å². The molecular weight excluding hydrogens is 356 g/mol. The summed E-state index contributed by atoms with van der Waals surface area (Å²) in [7, 11) is 0. The maximum atomic E-state index is 12.8. The van der Waals surface area contributed by atoms with Gasteiger partial charge in [-0.3, -0.25) is 9.59 Å². The molecular formula is C21H26N4O3. The molecule has 7 heteroatoms. The summed E-state index contributed by atoms with van der Waals surface area (Å²) in [5.41, 5.74) is 1.85. The molecule has 1 aromatic carbocycles. The minimum absolute atomic E-state index is 0.0621. The molecule has 2 amide bonds. The molecule has 7 nitrogen and oxygen atoms in total. The van der Waals surface area contributed by atoms with Gasteiger partial charge in [-0.15, -0.1) is 0 Å². The van der Waals surface area contributed by atoms with E-state index in [0.29, 0.717) is 39.3 Å². The number of ether oxygens (including phenoxy) is 1. The van der Waals surface area contributed by atoms with Gasteiger partial charge in [-0.1, -0.05) is 18.2 Å². The van der Waals surface area contributed by atoms with Crippen molar-refractivity contribution in [2.75, 3.05) is 39.4 Å². The van der Waals surface area contributed by atoms with Crippen LogP contribution in [0.25, 0.3) is 5.69 Å².